The first-order valence-corrected chi connectivity index (χ1v) is 5.72. The number of para-hydroxylation sites is 1. The van der Waals surface area contributed by atoms with Crippen LogP contribution in [0.4, 0.5) is 0 Å². The summed E-state index contributed by atoms with van der Waals surface area (Å²) < 4.78 is 3.71. The van der Waals surface area contributed by atoms with Crippen molar-refractivity contribution in [3.05, 3.63) is 35.3 Å². The van der Waals surface area contributed by atoms with E-state index in [9.17, 15) is 0 Å². The van der Waals surface area contributed by atoms with Crippen LogP contribution < -0.4 is 28.5 Å². The molecule has 1 aromatic heterocycles. The zero-order valence-corrected chi connectivity index (χ0v) is 11.9. The van der Waals surface area contributed by atoms with Gasteiger partial charge >= 0.3 is 0 Å². The second-order valence-corrected chi connectivity index (χ2v) is 4.21. The molecule has 0 spiro atoms. The van der Waals surface area contributed by atoms with E-state index in [1.165, 1.54) is 15.2 Å². The second kappa shape index (κ2) is 5.61. The number of fused-ring (bicyclic) bond motifs is 1. The molecule has 0 aliphatic carbocycles. The van der Waals surface area contributed by atoms with Crippen molar-refractivity contribution in [2.45, 2.75) is 20.4 Å². The maximum atomic E-state index is 2.35. The first-order chi connectivity index (χ1) is 6.86. The van der Waals surface area contributed by atoms with Crippen molar-refractivity contribution < 1.29 is 28.5 Å². The molecule has 1 heterocycles. The van der Waals surface area contributed by atoms with Crippen LogP contribution in [0.2, 0.25) is 0 Å². The van der Waals surface area contributed by atoms with Gasteiger partial charge in [-0.3, -0.25) is 0 Å². The largest absolute Gasteiger partial charge is 1.00 e. The molecule has 1 nitrogen and oxygen atoms in total. The normalized spacial score (nSPS) is 10.8. The van der Waals surface area contributed by atoms with E-state index < -0.39 is 0 Å². The fourth-order valence-corrected chi connectivity index (χ4v) is 2.84. The van der Waals surface area contributed by atoms with Gasteiger partial charge < -0.3 is 24.0 Å². The van der Waals surface area contributed by atoms with E-state index in [1.54, 1.807) is 0 Å². The van der Waals surface area contributed by atoms with Crippen molar-refractivity contribution in [1.82, 2.24) is 0 Å². The van der Waals surface area contributed by atoms with Gasteiger partial charge in [-0.05, 0) is 19.9 Å². The number of benzene rings is 1. The Morgan fingerprint density at radius 2 is 2.07 bits per heavy atom. The number of hydrogen-bond donors (Lipinski definition) is 0. The van der Waals surface area contributed by atoms with E-state index in [4.69, 9.17) is 0 Å². The lowest BCUT2D eigenvalue weighted by molar-refractivity contribution is -0.665. The van der Waals surface area contributed by atoms with Crippen molar-refractivity contribution in [3.63, 3.8) is 0 Å². The van der Waals surface area contributed by atoms with Crippen LogP contribution in [0.5, 0.6) is 0 Å². The minimum Gasteiger partial charge on any atom is -1.00 e. The Kier molecular flexibility index (Phi) is 4.73. The molecule has 2 rings (SSSR count). The third kappa shape index (κ3) is 2.39. The molecular weight excluding hydrogens is 317 g/mol. The van der Waals surface area contributed by atoms with Gasteiger partial charge in [0.05, 0.1) is 0 Å². The minimum absolute atomic E-state index is 0. The summed E-state index contributed by atoms with van der Waals surface area (Å²) in [4.78, 5) is 0. The van der Waals surface area contributed by atoms with Gasteiger partial charge in [-0.2, -0.15) is 4.57 Å². The second-order valence-electron chi connectivity index (χ2n) is 3.15. The SMILES string of the molecule is C/C=C/c1sc2ccccc2[n+]1CC.[I-]. The van der Waals surface area contributed by atoms with E-state index in [0.29, 0.717) is 0 Å². The number of nitrogens with zero attached hydrogens (tertiary/aromatic N) is 1. The highest BCUT2D eigenvalue weighted by atomic mass is 127. The summed E-state index contributed by atoms with van der Waals surface area (Å²) in [6, 6.07) is 8.56. The van der Waals surface area contributed by atoms with Gasteiger partial charge in [-0.25, -0.2) is 0 Å². The summed E-state index contributed by atoms with van der Waals surface area (Å²) in [6.45, 7) is 5.28. The van der Waals surface area contributed by atoms with Crippen molar-refractivity contribution in [2.24, 2.45) is 0 Å². The zero-order chi connectivity index (χ0) is 9.97. The third-order valence-corrected chi connectivity index (χ3v) is 3.39. The van der Waals surface area contributed by atoms with E-state index >= 15 is 0 Å². The molecular formula is C12H14INS. The van der Waals surface area contributed by atoms with Crippen molar-refractivity contribution in [1.29, 1.82) is 0 Å². The summed E-state index contributed by atoms with van der Waals surface area (Å²) in [7, 11) is 0. The molecule has 1 aromatic carbocycles. The molecule has 0 bridgehead atoms. The Morgan fingerprint density at radius 1 is 1.33 bits per heavy atom. The fourth-order valence-electron chi connectivity index (χ4n) is 1.65. The average molecular weight is 331 g/mol. The monoisotopic (exact) mass is 331 g/mol. The lowest BCUT2D eigenvalue weighted by Crippen LogP contribution is -3.00. The predicted octanol–water partition coefficient (Wildman–Crippen LogP) is 0.246. The zero-order valence-electron chi connectivity index (χ0n) is 8.90. The Bertz CT molecular complexity index is 473. The van der Waals surface area contributed by atoms with Crippen molar-refractivity contribution in [2.75, 3.05) is 0 Å². The molecule has 0 unspecified atom stereocenters. The number of halogens is 1. The molecule has 0 amide bonds. The number of thiazole rings is 1. The molecule has 0 saturated carbocycles. The molecule has 80 valence electrons. The van der Waals surface area contributed by atoms with Crippen molar-refractivity contribution in [3.8, 4) is 0 Å². The van der Waals surface area contributed by atoms with Gasteiger partial charge in [0.1, 0.15) is 11.2 Å². The topological polar surface area (TPSA) is 3.88 Å². The van der Waals surface area contributed by atoms with Gasteiger partial charge in [0.15, 0.2) is 0 Å². The van der Waals surface area contributed by atoms with Crippen LogP contribution in [0.3, 0.4) is 0 Å². The molecule has 0 radical (unpaired) electrons. The summed E-state index contributed by atoms with van der Waals surface area (Å²) in [5.41, 5.74) is 1.34. The molecule has 15 heavy (non-hydrogen) atoms. The molecule has 3 heteroatoms. The standard InChI is InChI=1S/C12H14NS.HI/c1-3-7-12-13(4-2)10-8-5-6-9-11(10)14-12;/h3,5-9H,4H2,1-2H3;1H/q+1;/p-1/b7-3+;. The molecule has 0 atom stereocenters. The molecule has 2 aromatic rings. The van der Waals surface area contributed by atoms with Gasteiger partial charge in [-0.15, -0.1) is 0 Å². The highest BCUT2D eigenvalue weighted by Crippen LogP contribution is 2.20. The van der Waals surface area contributed by atoms with E-state index in [2.05, 4.69) is 54.8 Å². The van der Waals surface area contributed by atoms with Crippen LogP contribution in [-0.2, 0) is 6.54 Å². The molecule has 0 saturated heterocycles. The van der Waals surface area contributed by atoms with Crippen LogP contribution in [0, 0.1) is 0 Å². The highest BCUT2D eigenvalue weighted by Gasteiger charge is 2.15. The van der Waals surface area contributed by atoms with E-state index in [0.717, 1.165) is 6.54 Å². The van der Waals surface area contributed by atoms with E-state index in [-0.39, 0.29) is 24.0 Å². The van der Waals surface area contributed by atoms with Gasteiger partial charge in [0, 0.05) is 12.1 Å². The highest BCUT2D eigenvalue weighted by molar-refractivity contribution is 7.18. The minimum atomic E-state index is 0. The maximum Gasteiger partial charge on any atom is 0.262 e. The lowest BCUT2D eigenvalue weighted by Gasteiger charge is -1.89. The van der Waals surface area contributed by atoms with Crippen LogP contribution in [0.1, 0.15) is 18.9 Å². The first-order valence-electron chi connectivity index (χ1n) is 4.91. The summed E-state index contributed by atoms with van der Waals surface area (Å²) >= 11 is 1.85. The maximum absolute atomic E-state index is 2.35. The number of rotatable bonds is 2. The first kappa shape index (κ1) is 12.6. The van der Waals surface area contributed by atoms with Crippen molar-refractivity contribution >= 4 is 27.6 Å². The quantitative estimate of drug-likeness (QED) is 0.549. The number of aromatic nitrogens is 1. The van der Waals surface area contributed by atoms with E-state index in [1.807, 2.05) is 11.3 Å². The van der Waals surface area contributed by atoms with Gasteiger partial charge in [-0.1, -0.05) is 29.5 Å². The molecule has 0 aliphatic rings. The van der Waals surface area contributed by atoms with Gasteiger partial charge in [0.2, 0.25) is 5.52 Å². The number of hydrogen-bond acceptors (Lipinski definition) is 1. The van der Waals surface area contributed by atoms with Crippen LogP contribution >= 0.6 is 11.3 Å². The molecule has 0 aliphatic heterocycles. The predicted molar refractivity (Wildman–Crippen MR) is 62.4 cm³/mol. The average Bonchev–Trinajstić information content (AvgIpc) is 2.55. The Labute approximate surface area is 111 Å². The third-order valence-electron chi connectivity index (χ3n) is 2.26. The Balaban J connectivity index is 0.00000112. The van der Waals surface area contributed by atoms with Crippen LogP contribution in [-0.4, -0.2) is 0 Å². The molecule has 0 N–H and O–H groups in total. The van der Waals surface area contributed by atoms with Crippen LogP contribution in [0.15, 0.2) is 30.3 Å². The Hall–Kier alpha value is -0.420. The molecule has 0 fully saturated rings. The lowest BCUT2D eigenvalue weighted by atomic mass is 10.3. The number of aryl methyl sites for hydroxylation is 1. The Morgan fingerprint density at radius 3 is 2.73 bits per heavy atom. The smallest absolute Gasteiger partial charge is 0.262 e. The summed E-state index contributed by atoms with van der Waals surface area (Å²) in [5, 5.41) is 1.33. The fraction of sp³-hybridized carbons (Fsp3) is 0.250. The van der Waals surface area contributed by atoms with Gasteiger partial charge in [0.25, 0.3) is 5.01 Å². The van der Waals surface area contributed by atoms with Crippen LogP contribution in [0.25, 0.3) is 16.3 Å². The summed E-state index contributed by atoms with van der Waals surface area (Å²) in [6.07, 6.45) is 4.27. The summed E-state index contributed by atoms with van der Waals surface area (Å²) in [5.74, 6) is 0. The number of allylic oxidation sites excluding steroid dienone is 1.